The van der Waals surface area contributed by atoms with Crippen LogP contribution in [0.15, 0.2) is 53.7 Å². The van der Waals surface area contributed by atoms with E-state index in [1.807, 2.05) is 11.5 Å². The number of nitrogens with one attached hydrogen (secondary N) is 2. The molecule has 0 aliphatic heterocycles. The number of anilines is 2. The lowest BCUT2D eigenvalue weighted by Gasteiger charge is -2.09. The molecule has 2 amide bonds. The third-order valence-corrected chi connectivity index (χ3v) is 5.45. The maximum absolute atomic E-state index is 12.4. The smallest absolute Gasteiger partial charge is 0.234 e. The summed E-state index contributed by atoms with van der Waals surface area (Å²) in [5, 5.41) is 14.5. The molecule has 0 saturated carbocycles. The molecule has 10 heteroatoms. The van der Waals surface area contributed by atoms with Gasteiger partial charge in [-0.15, -0.1) is 10.2 Å². The average molecular weight is 456 g/mol. The van der Waals surface area contributed by atoms with E-state index in [2.05, 4.69) is 20.8 Å². The highest BCUT2D eigenvalue weighted by Gasteiger charge is 2.16. The molecule has 0 saturated heterocycles. The third kappa shape index (κ3) is 6.24. The molecule has 32 heavy (non-hydrogen) atoms. The number of benzene rings is 2. The second-order valence-corrected chi connectivity index (χ2v) is 7.61. The van der Waals surface area contributed by atoms with Crippen molar-refractivity contribution in [1.82, 2.24) is 14.8 Å². The number of hydrogen-bond donors (Lipinski definition) is 2. The number of nitrogens with zero attached hydrogens (tertiary/aromatic N) is 3. The minimum absolute atomic E-state index is 0.0729. The van der Waals surface area contributed by atoms with E-state index in [1.54, 1.807) is 62.8 Å². The predicted molar refractivity (Wildman–Crippen MR) is 123 cm³/mol. The lowest BCUT2D eigenvalue weighted by molar-refractivity contribution is -0.116. The number of ether oxygens (including phenoxy) is 2. The summed E-state index contributed by atoms with van der Waals surface area (Å²) >= 11 is 1.27. The average Bonchev–Trinajstić information content (AvgIpc) is 3.19. The number of thioether (sulfide) groups is 1. The van der Waals surface area contributed by atoms with Gasteiger partial charge in [0, 0.05) is 24.0 Å². The zero-order chi connectivity index (χ0) is 22.9. The van der Waals surface area contributed by atoms with Crippen molar-refractivity contribution in [2.45, 2.75) is 25.0 Å². The molecule has 168 valence electrons. The van der Waals surface area contributed by atoms with Crippen molar-refractivity contribution in [3.05, 3.63) is 54.4 Å². The first-order chi connectivity index (χ1) is 15.5. The highest BCUT2D eigenvalue weighted by Crippen LogP contribution is 2.20. The third-order valence-electron chi connectivity index (χ3n) is 4.49. The number of carbonyl (C=O) groups is 2. The van der Waals surface area contributed by atoms with E-state index in [9.17, 15) is 9.59 Å². The van der Waals surface area contributed by atoms with Gasteiger partial charge >= 0.3 is 0 Å². The molecule has 2 N–H and O–H groups in total. The molecule has 1 heterocycles. The van der Waals surface area contributed by atoms with Gasteiger partial charge in [-0.25, -0.2) is 0 Å². The van der Waals surface area contributed by atoms with Crippen LogP contribution >= 0.6 is 11.8 Å². The van der Waals surface area contributed by atoms with Crippen LogP contribution in [0.4, 0.5) is 11.4 Å². The second-order valence-electron chi connectivity index (χ2n) is 6.67. The van der Waals surface area contributed by atoms with E-state index >= 15 is 0 Å². The molecular formula is C22H25N5O4S. The van der Waals surface area contributed by atoms with Crippen molar-refractivity contribution in [3.63, 3.8) is 0 Å². The normalized spacial score (nSPS) is 10.5. The van der Waals surface area contributed by atoms with Gasteiger partial charge in [-0.05, 0) is 43.3 Å². The van der Waals surface area contributed by atoms with E-state index < -0.39 is 0 Å². The Morgan fingerprint density at radius 2 is 1.66 bits per heavy atom. The highest BCUT2D eigenvalue weighted by molar-refractivity contribution is 7.99. The molecule has 0 atom stereocenters. The number of aromatic nitrogens is 3. The summed E-state index contributed by atoms with van der Waals surface area (Å²) in [7, 11) is 3.16. The summed E-state index contributed by atoms with van der Waals surface area (Å²) in [5.41, 5.74) is 1.32. The van der Waals surface area contributed by atoms with Crippen molar-refractivity contribution in [2.24, 2.45) is 0 Å². The van der Waals surface area contributed by atoms with Gasteiger partial charge in [0.25, 0.3) is 0 Å². The summed E-state index contributed by atoms with van der Waals surface area (Å²) < 4.78 is 12.1. The molecule has 0 radical (unpaired) electrons. The van der Waals surface area contributed by atoms with Crippen molar-refractivity contribution in [1.29, 1.82) is 0 Å². The minimum atomic E-state index is -0.204. The van der Waals surface area contributed by atoms with E-state index in [4.69, 9.17) is 9.47 Å². The molecule has 0 aliphatic carbocycles. The monoisotopic (exact) mass is 455 g/mol. The first kappa shape index (κ1) is 23.1. The number of amides is 2. The van der Waals surface area contributed by atoms with Gasteiger partial charge in [0.1, 0.15) is 17.3 Å². The Morgan fingerprint density at radius 1 is 0.938 bits per heavy atom. The Balaban J connectivity index is 1.56. The Kier molecular flexibility index (Phi) is 8.09. The number of hydrogen-bond acceptors (Lipinski definition) is 7. The van der Waals surface area contributed by atoms with Crippen LogP contribution in [0.3, 0.4) is 0 Å². The zero-order valence-electron chi connectivity index (χ0n) is 18.1. The van der Waals surface area contributed by atoms with E-state index in [0.717, 1.165) is 0 Å². The Labute approximate surface area is 190 Å². The topological polar surface area (TPSA) is 107 Å². The molecule has 1 aromatic heterocycles. The molecule has 0 fully saturated rings. The lowest BCUT2D eigenvalue weighted by atomic mass is 10.3. The fourth-order valence-corrected chi connectivity index (χ4v) is 3.75. The summed E-state index contributed by atoms with van der Waals surface area (Å²) in [5.74, 6) is 1.70. The molecule has 0 aliphatic rings. The fourth-order valence-electron chi connectivity index (χ4n) is 2.93. The fraction of sp³-hybridized carbons (Fsp3) is 0.273. The lowest BCUT2D eigenvalue weighted by Crippen LogP contribution is -2.18. The van der Waals surface area contributed by atoms with Crippen molar-refractivity contribution in [2.75, 3.05) is 30.6 Å². The van der Waals surface area contributed by atoms with Crippen molar-refractivity contribution in [3.8, 4) is 11.5 Å². The Bertz CT molecular complexity index is 1070. The molecular weight excluding hydrogens is 430 g/mol. The predicted octanol–water partition coefficient (Wildman–Crippen LogP) is 3.23. The Morgan fingerprint density at radius 3 is 2.34 bits per heavy atom. The quantitative estimate of drug-likeness (QED) is 0.452. The van der Waals surface area contributed by atoms with Crippen LogP contribution in [0.25, 0.3) is 0 Å². The summed E-state index contributed by atoms with van der Waals surface area (Å²) in [6.45, 7) is 2.52. The van der Waals surface area contributed by atoms with Crippen LogP contribution in [-0.2, 0) is 22.6 Å². The number of rotatable bonds is 10. The first-order valence-corrected chi connectivity index (χ1v) is 10.9. The SMILES string of the molecule is CCn1c(CC(=O)Nc2ccc(OC)cc2)nnc1SCC(=O)Nc1cccc(OC)c1. The summed E-state index contributed by atoms with van der Waals surface area (Å²) in [6, 6.07) is 14.2. The van der Waals surface area contributed by atoms with Gasteiger partial charge in [-0.3, -0.25) is 9.59 Å². The second kappa shape index (κ2) is 11.2. The molecule has 0 spiro atoms. The molecule has 3 rings (SSSR count). The van der Waals surface area contributed by atoms with Crippen LogP contribution < -0.4 is 20.1 Å². The maximum Gasteiger partial charge on any atom is 0.234 e. The molecule has 9 nitrogen and oxygen atoms in total. The van der Waals surface area contributed by atoms with Crippen molar-refractivity contribution < 1.29 is 19.1 Å². The van der Waals surface area contributed by atoms with Crippen LogP contribution in [0, 0.1) is 0 Å². The van der Waals surface area contributed by atoms with Gasteiger partial charge in [0.05, 0.1) is 26.4 Å². The van der Waals surface area contributed by atoms with Gasteiger partial charge in [-0.2, -0.15) is 0 Å². The van der Waals surface area contributed by atoms with Gasteiger partial charge in [-0.1, -0.05) is 17.8 Å². The van der Waals surface area contributed by atoms with Crippen LogP contribution in [-0.4, -0.2) is 46.6 Å². The van der Waals surface area contributed by atoms with Crippen LogP contribution in [0.5, 0.6) is 11.5 Å². The van der Waals surface area contributed by atoms with Crippen LogP contribution in [0.2, 0.25) is 0 Å². The maximum atomic E-state index is 12.4. The van der Waals surface area contributed by atoms with E-state index in [0.29, 0.717) is 40.4 Å². The van der Waals surface area contributed by atoms with E-state index in [1.165, 1.54) is 11.8 Å². The van der Waals surface area contributed by atoms with E-state index in [-0.39, 0.29) is 24.0 Å². The largest absolute Gasteiger partial charge is 0.497 e. The van der Waals surface area contributed by atoms with Crippen molar-refractivity contribution >= 4 is 35.0 Å². The van der Waals surface area contributed by atoms with Gasteiger partial charge in [0.2, 0.25) is 11.8 Å². The highest BCUT2D eigenvalue weighted by atomic mass is 32.2. The van der Waals surface area contributed by atoms with Gasteiger partial charge in [0.15, 0.2) is 5.16 Å². The molecule has 0 bridgehead atoms. The number of methoxy groups -OCH3 is 2. The first-order valence-electron chi connectivity index (χ1n) is 9.95. The standard InChI is InChI=1S/C22H25N5O4S/c1-4-27-19(13-20(28)23-15-8-10-17(30-2)11-9-15)25-26-22(27)32-14-21(29)24-16-6-5-7-18(12-16)31-3/h5-12H,4,13-14H2,1-3H3,(H,23,28)(H,24,29). The zero-order valence-corrected chi connectivity index (χ0v) is 18.9. The summed E-state index contributed by atoms with van der Waals surface area (Å²) in [4.78, 5) is 24.7. The number of carbonyl (C=O) groups excluding carboxylic acids is 2. The van der Waals surface area contributed by atoms with Gasteiger partial charge < -0.3 is 24.7 Å². The molecule has 0 unspecified atom stereocenters. The minimum Gasteiger partial charge on any atom is -0.497 e. The van der Waals surface area contributed by atoms with Crippen LogP contribution in [0.1, 0.15) is 12.7 Å². The molecule has 3 aromatic rings. The summed E-state index contributed by atoms with van der Waals surface area (Å²) in [6.07, 6.45) is 0.0729. The molecule has 2 aromatic carbocycles. The Hall–Kier alpha value is -3.53.